The Morgan fingerprint density at radius 2 is 2.05 bits per heavy atom. The number of benzene rings is 1. The van der Waals surface area contributed by atoms with Gasteiger partial charge in [0.25, 0.3) is 0 Å². The van der Waals surface area contributed by atoms with Crippen LogP contribution in [0, 0.1) is 0 Å². The van der Waals surface area contributed by atoms with Crippen LogP contribution >= 0.6 is 15.9 Å². The average Bonchev–Trinajstić information content (AvgIpc) is 2.88. The van der Waals surface area contributed by atoms with E-state index in [1.54, 1.807) is 0 Å². The summed E-state index contributed by atoms with van der Waals surface area (Å²) in [5.74, 6) is 0. The quantitative estimate of drug-likeness (QED) is 0.874. The van der Waals surface area contributed by atoms with Gasteiger partial charge in [0.1, 0.15) is 5.60 Å². The highest BCUT2D eigenvalue weighted by Crippen LogP contribution is 2.20. The van der Waals surface area contributed by atoms with Crippen molar-refractivity contribution < 1.29 is 9.53 Å². The maximum absolute atomic E-state index is 12.2. The fraction of sp³-hybridized carbons (Fsp3) is 0.588. The van der Waals surface area contributed by atoms with Gasteiger partial charge in [-0.15, -0.1) is 0 Å². The molecular formula is C17H25BrN2O2. The third kappa shape index (κ3) is 5.29. The lowest BCUT2D eigenvalue weighted by Crippen LogP contribution is -2.44. The van der Waals surface area contributed by atoms with Gasteiger partial charge < -0.3 is 15.0 Å². The molecule has 1 aliphatic heterocycles. The highest BCUT2D eigenvalue weighted by molar-refractivity contribution is 9.10. The van der Waals surface area contributed by atoms with Crippen LogP contribution in [-0.4, -0.2) is 35.7 Å². The molecule has 0 unspecified atom stereocenters. The zero-order chi connectivity index (χ0) is 16.2. The molecule has 4 nitrogen and oxygen atoms in total. The number of carbonyl (C=O) groups is 1. The Kier molecular flexibility index (Phi) is 5.87. The Morgan fingerprint density at radius 3 is 2.68 bits per heavy atom. The van der Waals surface area contributed by atoms with Gasteiger partial charge in [0.15, 0.2) is 0 Å². The number of nitrogens with one attached hydrogen (secondary N) is 1. The Morgan fingerprint density at radius 1 is 1.36 bits per heavy atom. The highest BCUT2D eigenvalue weighted by atomic mass is 79.9. The van der Waals surface area contributed by atoms with E-state index in [2.05, 4.69) is 33.4 Å². The van der Waals surface area contributed by atoms with Crippen LogP contribution in [0.2, 0.25) is 0 Å². The topological polar surface area (TPSA) is 41.6 Å². The Balaban J connectivity index is 1.81. The summed E-state index contributed by atoms with van der Waals surface area (Å²) < 4.78 is 6.57. The smallest absolute Gasteiger partial charge is 0.410 e. The number of halogens is 1. The predicted octanol–water partition coefficient (Wildman–Crippen LogP) is 3.94. The van der Waals surface area contributed by atoms with Gasteiger partial charge in [0, 0.05) is 30.1 Å². The lowest BCUT2D eigenvalue weighted by molar-refractivity contribution is 0.0226. The van der Waals surface area contributed by atoms with E-state index in [4.69, 9.17) is 4.74 Å². The van der Waals surface area contributed by atoms with E-state index in [9.17, 15) is 4.79 Å². The summed E-state index contributed by atoms with van der Waals surface area (Å²) in [6, 6.07) is 8.50. The molecule has 0 bridgehead atoms. The van der Waals surface area contributed by atoms with Gasteiger partial charge in [0.2, 0.25) is 0 Å². The van der Waals surface area contributed by atoms with Gasteiger partial charge in [-0.25, -0.2) is 4.79 Å². The molecule has 1 amide bonds. The third-order valence-electron chi connectivity index (χ3n) is 3.63. The Bertz CT molecular complexity index is 496. The molecule has 1 aromatic rings. The summed E-state index contributed by atoms with van der Waals surface area (Å²) in [5, 5.41) is 3.45. The van der Waals surface area contributed by atoms with E-state index in [1.807, 2.05) is 37.8 Å². The van der Waals surface area contributed by atoms with Crippen molar-refractivity contribution in [2.45, 2.75) is 51.8 Å². The van der Waals surface area contributed by atoms with Gasteiger partial charge in [0.05, 0.1) is 0 Å². The van der Waals surface area contributed by atoms with Crippen molar-refractivity contribution in [3.05, 3.63) is 34.3 Å². The normalized spacial score (nSPS) is 18.5. The second-order valence-electron chi connectivity index (χ2n) is 6.73. The molecule has 0 aromatic heterocycles. The number of amides is 1. The number of likely N-dealkylation sites (tertiary alicyclic amines) is 1. The summed E-state index contributed by atoms with van der Waals surface area (Å²) in [4.78, 5) is 14.1. The van der Waals surface area contributed by atoms with Gasteiger partial charge in [-0.3, -0.25) is 0 Å². The van der Waals surface area contributed by atoms with Gasteiger partial charge in [-0.05, 0) is 51.3 Å². The molecule has 0 saturated carbocycles. The molecule has 5 heteroatoms. The minimum atomic E-state index is -0.435. The van der Waals surface area contributed by atoms with Crippen LogP contribution in [0.4, 0.5) is 4.79 Å². The first kappa shape index (κ1) is 17.3. The minimum Gasteiger partial charge on any atom is -0.444 e. The van der Waals surface area contributed by atoms with Gasteiger partial charge in [-0.2, -0.15) is 0 Å². The first-order valence-corrected chi connectivity index (χ1v) is 8.59. The molecule has 1 fully saturated rings. The maximum Gasteiger partial charge on any atom is 0.410 e. The summed E-state index contributed by atoms with van der Waals surface area (Å²) in [5.41, 5.74) is 0.805. The standard InChI is InChI=1S/C17H25BrN2O2/c1-17(2,3)22-16(21)20-10-4-5-15(20)12-19-11-13-6-8-14(18)9-7-13/h6-9,15,19H,4-5,10-12H2,1-3H3/t15-/m0/s1. The molecule has 1 aliphatic rings. The third-order valence-corrected chi connectivity index (χ3v) is 4.16. The second-order valence-corrected chi connectivity index (χ2v) is 7.64. The highest BCUT2D eigenvalue weighted by Gasteiger charge is 2.31. The van der Waals surface area contributed by atoms with Crippen molar-refractivity contribution in [1.29, 1.82) is 0 Å². The van der Waals surface area contributed by atoms with Crippen LogP contribution in [0.25, 0.3) is 0 Å². The molecule has 22 heavy (non-hydrogen) atoms. The number of carbonyl (C=O) groups excluding carboxylic acids is 1. The Hall–Kier alpha value is -1.07. The lowest BCUT2D eigenvalue weighted by atomic mass is 10.2. The fourth-order valence-electron chi connectivity index (χ4n) is 2.59. The van der Waals surface area contributed by atoms with Gasteiger partial charge >= 0.3 is 6.09 Å². The molecule has 1 heterocycles. The van der Waals surface area contributed by atoms with E-state index < -0.39 is 5.60 Å². The molecule has 0 aliphatic carbocycles. The summed E-state index contributed by atoms with van der Waals surface area (Å²) >= 11 is 3.44. The molecule has 0 spiro atoms. The maximum atomic E-state index is 12.2. The largest absolute Gasteiger partial charge is 0.444 e. The van der Waals surface area contributed by atoms with Crippen LogP contribution in [0.1, 0.15) is 39.2 Å². The van der Waals surface area contributed by atoms with E-state index in [0.29, 0.717) is 0 Å². The lowest BCUT2D eigenvalue weighted by Gasteiger charge is -2.28. The minimum absolute atomic E-state index is 0.194. The van der Waals surface area contributed by atoms with Crippen molar-refractivity contribution in [3.8, 4) is 0 Å². The van der Waals surface area contributed by atoms with Crippen molar-refractivity contribution in [2.75, 3.05) is 13.1 Å². The zero-order valence-electron chi connectivity index (χ0n) is 13.6. The van der Waals surface area contributed by atoms with Crippen molar-refractivity contribution in [2.24, 2.45) is 0 Å². The summed E-state index contributed by atoms with van der Waals surface area (Å²) in [7, 11) is 0. The van der Waals surface area contributed by atoms with Crippen LogP contribution in [0.15, 0.2) is 28.7 Å². The number of hydrogen-bond acceptors (Lipinski definition) is 3. The van der Waals surface area contributed by atoms with Crippen LogP contribution in [-0.2, 0) is 11.3 Å². The number of ether oxygens (including phenoxy) is 1. The molecule has 0 radical (unpaired) electrons. The molecule has 1 saturated heterocycles. The zero-order valence-corrected chi connectivity index (χ0v) is 15.1. The molecule has 2 rings (SSSR count). The van der Waals surface area contributed by atoms with E-state index >= 15 is 0 Å². The van der Waals surface area contributed by atoms with Crippen LogP contribution in [0.5, 0.6) is 0 Å². The van der Waals surface area contributed by atoms with Crippen LogP contribution in [0.3, 0.4) is 0 Å². The SMILES string of the molecule is CC(C)(C)OC(=O)N1CCC[C@H]1CNCc1ccc(Br)cc1. The first-order chi connectivity index (χ1) is 10.3. The molecular weight excluding hydrogens is 344 g/mol. The number of nitrogens with zero attached hydrogens (tertiary/aromatic N) is 1. The second kappa shape index (κ2) is 7.47. The van der Waals surface area contributed by atoms with Crippen molar-refractivity contribution in [3.63, 3.8) is 0 Å². The average molecular weight is 369 g/mol. The first-order valence-electron chi connectivity index (χ1n) is 7.80. The molecule has 1 N–H and O–H groups in total. The van der Waals surface area contributed by atoms with Crippen molar-refractivity contribution in [1.82, 2.24) is 10.2 Å². The fourth-order valence-corrected chi connectivity index (χ4v) is 2.86. The van der Waals surface area contributed by atoms with Crippen molar-refractivity contribution >= 4 is 22.0 Å². The van der Waals surface area contributed by atoms with Crippen LogP contribution < -0.4 is 5.32 Å². The van der Waals surface area contributed by atoms with E-state index in [0.717, 1.165) is 36.9 Å². The summed E-state index contributed by atoms with van der Waals surface area (Å²) in [6.45, 7) is 8.12. The summed E-state index contributed by atoms with van der Waals surface area (Å²) in [6.07, 6.45) is 1.89. The number of rotatable bonds is 4. The number of hydrogen-bond donors (Lipinski definition) is 1. The van der Waals surface area contributed by atoms with E-state index in [-0.39, 0.29) is 12.1 Å². The van der Waals surface area contributed by atoms with E-state index in [1.165, 1.54) is 5.56 Å². The molecule has 1 aromatic carbocycles. The monoisotopic (exact) mass is 368 g/mol. The molecule has 122 valence electrons. The van der Waals surface area contributed by atoms with Gasteiger partial charge in [-0.1, -0.05) is 28.1 Å². The molecule has 1 atom stereocenters. The predicted molar refractivity (Wildman–Crippen MR) is 91.8 cm³/mol. The Labute approximate surface area is 141 Å².